The molecule has 0 aliphatic carbocycles. The van der Waals surface area contributed by atoms with E-state index in [4.69, 9.17) is 0 Å². The van der Waals surface area contributed by atoms with Crippen LogP contribution in [0.3, 0.4) is 0 Å². The molecule has 15 heavy (non-hydrogen) atoms. The Morgan fingerprint density at radius 1 is 1.40 bits per heavy atom. The van der Waals surface area contributed by atoms with Gasteiger partial charge in [0.25, 0.3) is 0 Å². The first kappa shape index (κ1) is 12.7. The standard InChI is InChI=1S/C12H22N2S/c1-12(2,3)13-6-7-14(4)9-11-5-8-15-10-11/h5,8,10,13H,6-7,9H2,1-4H3. The number of thiophene rings is 1. The third-order valence-electron chi connectivity index (χ3n) is 2.18. The molecule has 0 aromatic carbocycles. The molecule has 3 heteroatoms. The highest BCUT2D eigenvalue weighted by molar-refractivity contribution is 7.07. The third kappa shape index (κ3) is 5.92. The van der Waals surface area contributed by atoms with Gasteiger partial charge in [-0.05, 0) is 50.2 Å². The summed E-state index contributed by atoms with van der Waals surface area (Å²) in [6, 6.07) is 2.19. The average molecular weight is 226 g/mol. The Morgan fingerprint density at radius 2 is 2.13 bits per heavy atom. The van der Waals surface area contributed by atoms with Gasteiger partial charge in [-0.2, -0.15) is 11.3 Å². The minimum Gasteiger partial charge on any atom is -0.311 e. The van der Waals surface area contributed by atoms with E-state index in [1.807, 2.05) is 0 Å². The van der Waals surface area contributed by atoms with Gasteiger partial charge in [0, 0.05) is 25.2 Å². The van der Waals surface area contributed by atoms with Crippen LogP contribution in [0.2, 0.25) is 0 Å². The fourth-order valence-electron chi connectivity index (χ4n) is 1.40. The van der Waals surface area contributed by atoms with Gasteiger partial charge in [-0.3, -0.25) is 0 Å². The van der Waals surface area contributed by atoms with E-state index >= 15 is 0 Å². The summed E-state index contributed by atoms with van der Waals surface area (Å²) in [5.41, 5.74) is 1.64. The third-order valence-corrected chi connectivity index (χ3v) is 2.91. The lowest BCUT2D eigenvalue weighted by Crippen LogP contribution is -2.40. The van der Waals surface area contributed by atoms with Gasteiger partial charge < -0.3 is 10.2 Å². The molecule has 0 aliphatic heterocycles. The molecule has 0 spiro atoms. The van der Waals surface area contributed by atoms with Crippen molar-refractivity contribution in [3.8, 4) is 0 Å². The van der Waals surface area contributed by atoms with Crippen molar-refractivity contribution in [3.63, 3.8) is 0 Å². The van der Waals surface area contributed by atoms with Crippen LogP contribution < -0.4 is 5.32 Å². The van der Waals surface area contributed by atoms with Gasteiger partial charge >= 0.3 is 0 Å². The summed E-state index contributed by atoms with van der Waals surface area (Å²) < 4.78 is 0. The van der Waals surface area contributed by atoms with Gasteiger partial charge in [0.2, 0.25) is 0 Å². The lowest BCUT2D eigenvalue weighted by molar-refractivity contribution is 0.303. The Morgan fingerprint density at radius 3 is 2.67 bits per heavy atom. The first-order valence-corrected chi connectivity index (χ1v) is 6.36. The van der Waals surface area contributed by atoms with E-state index < -0.39 is 0 Å². The van der Waals surface area contributed by atoms with E-state index in [-0.39, 0.29) is 5.54 Å². The molecule has 0 saturated carbocycles. The van der Waals surface area contributed by atoms with Gasteiger partial charge in [0.15, 0.2) is 0 Å². The molecule has 1 heterocycles. The zero-order chi connectivity index (χ0) is 11.3. The molecule has 86 valence electrons. The second-order valence-corrected chi connectivity index (χ2v) is 5.83. The molecule has 1 aromatic heterocycles. The van der Waals surface area contributed by atoms with Crippen molar-refractivity contribution in [1.82, 2.24) is 10.2 Å². The van der Waals surface area contributed by atoms with E-state index in [0.29, 0.717) is 0 Å². The molecule has 1 aromatic rings. The van der Waals surface area contributed by atoms with Gasteiger partial charge in [0.1, 0.15) is 0 Å². The van der Waals surface area contributed by atoms with Crippen LogP contribution in [-0.2, 0) is 6.54 Å². The molecule has 0 saturated heterocycles. The van der Waals surface area contributed by atoms with Crippen LogP contribution in [0, 0.1) is 0 Å². The summed E-state index contributed by atoms with van der Waals surface area (Å²) >= 11 is 1.77. The van der Waals surface area contributed by atoms with Gasteiger partial charge in [-0.1, -0.05) is 0 Å². The molecule has 0 amide bonds. The molecule has 2 nitrogen and oxygen atoms in total. The van der Waals surface area contributed by atoms with Crippen LogP contribution in [0.5, 0.6) is 0 Å². The minimum absolute atomic E-state index is 0.225. The molecule has 0 fully saturated rings. The second-order valence-electron chi connectivity index (χ2n) is 5.05. The normalized spacial score (nSPS) is 12.3. The number of rotatable bonds is 5. The van der Waals surface area contributed by atoms with Crippen molar-refractivity contribution in [2.75, 3.05) is 20.1 Å². The average Bonchev–Trinajstić information content (AvgIpc) is 2.54. The molecule has 1 N–H and O–H groups in total. The van der Waals surface area contributed by atoms with Crippen LogP contribution in [0.25, 0.3) is 0 Å². The quantitative estimate of drug-likeness (QED) is 0.830. The number of likely N-dealkylation sites (N-methyl/N-ethyl adjacent to an activating group) is 1. The topological polar surface area (TPSA) is 15.3 Å². The lowest BCUT2D eigenvalue weighted by atomic mass is 10.1. The summed E-state index contributed by atoms with van der Waals surface area (Å²) in [6.45, 7) is 9.79. The van der Waals surface area contributed by atoms with Crippen LogP contribution in [0.4, 0.5) is 0 Å². The van der Waals surface area contributed by atoms with Crippen LogP contribution in [0.15, 0.2) is 16.8 Å². The lowest BCUT2D eigenvalue weighted by Gasteiger charge is -2.23. The second kappa shape index (κ2) is 5.64. The van der Waals surface area contributed by atoms with E-state index in [1.54, 1.807) is 11.3 Å². The molecule has 0 bridgehead atoms. The predicted molar refractivity (Wildman–Crippen MR) is 68.4 cm³/mol. The maximum absolute atomic E-state index is 3.49. The Labute approximate surface area is 97.3 Å². The highest BCUT2D eigenvalue weighted by atomic mass is 32.1. The summed E-state index contributed by atoms with van der Waals surface area (Å²) in [5.74, 6) is 0. The zero-order valence-electron chi connectivity index (χ0n) is 10.2. The van der Waals surface area contributed by atoms with Gasteiger partial charge in [0.05, 0.1) is 0 Å². The van der Waals surface area contributed by atoms with Crippen molar-refractivity contribution in [2.45, 2.75) is 32.9 Å². The number of nitrogens with one attached hydrogen (secondary N) is 1. The number of hydrogen-bond donors (Lipinski definition) is 1. The maximum atomic E-state index is 3.49. The summed E-state index contributed by atoms with van der Waals surface area (Å²) in [7, 11) is 2.17. The van der Waals surface area contributed by atoms with Crippen LogP contribution >= 0.6 is 11.3 Å². The highest BCUT2D eigenvalue weighted by Gasteiger charge is 2.08. The van der Waals surface area contributed by atoms with Crippen molar-refractivity contribution in [2.24, 2.45) is 0 Å². The predicted octanol–water partition coefficient (Wildman–Crippen LogP) is 2.57. The molecule has 0 radical (unpaired) electrons. The zero-order valence-corrected chi connectivity index (χ0v) is 11.0. The van der Waals surface area contributed by atoms with Crippen molar-refractivity contribution in [1.29, 1.82) is 0 Å². The van der Waals surface area contributed by atoms with Crippen LogP contribution in [-0.4, -0.2) is 30.6 Å². The number of nitrogens with zero attached hydrogens (tertiary/aromatic N) is 1. The fourth-order valence-corrected chi connectivity index (χ4v) is 2.05. The van der Waals surface area contributed by atoms with Gasteiger partial charge in [-0.15, -0.1) is 0 Å². The monoisotopic (exact) mass is 226 g/mol. The molecule has 1 rings (SSSR count). The summed E-state index contributed by atoms with van der Waals surface area (Å²) in [6.07, 6.45) is 0. The first-order chi connectivity index (χ1) is 6.97. The maximum Gasteiger partial charge on any atom is 0.0239 e. The van der Waals surface area contributed by atoms with E-state index in [2.05, 4.69) is 54.9 Å². The van der Waals surface area contributed by atoms with E-state index in [0.717, 1.165) is 19.6 Å². The highest BCUT2D eigenvalue weighted by Crippen LogP contribution is 2.08. The summed E-state index contributed by atoms with van der Waals surface area (Å²) in [5, 5.41) is 7.84. The molecule has 0 aliphatic rings. The van der Waals surface area contributed by atoms with Gasteiger partial charge in [-0.25, -0.2) is 0 Å². The van der Waals surface area contributed by atoms with Crippen molar-refractivity contribution in [3.05, 3.63) is 22.4 Å². The molecule has 0 unspecified atom stereocenters. The largest absolute Gasteiger partial charge is 0.311 e. The number of hydrogen-bond acceptors (Lipinski definition) is 3. The Hall–Kier alpha value is -0.380. The van der Waals surface area contributed by atoms with Crippen molar-refractivity contribution < 1.29 is 0 Å². The summed E-state index contributed by atoms with van der Waals surface area (Å²) in [4.78, 5) is 2.35. The first-order valence-electron chi connectivity index (χ1n) is 5.42. The Bertz CT molecular complexity index is 262. The smallest absolute Gasteiger partial charge is 0.0239 e. The Kier molecular flexibility index (Phi) is 4.77. The van der Waals surface area contributed by atoms with Crippen LogP contribution in [0.1, 0.15) is 26.3 Å². The minimum atomic E-state index is 0.225. The van der Waals surface area contributed by atoms with E-state index in [1.165, 1.54) is 5.56 Å². The SMILES string of the molecule is CN(CCNC(C)(C)C)Cc1ccsc1. The molecule has 0 atom stereocenters. The fraction of sp³-hybridized carbons (Fsp3) is 0.667. The molecular weight excluding hydrogens is 204 g/mol. The van der Waals surface area contributed by atoms with Crippen molar-refractivity contribution >= 4 is 11.3 Å². The molecular formula is C12H22N2S. The van der Waals surface area contributed by atoms with E-state index in [9.17, 15) is 0 Å². The Balaban J connectivity index is 2.17.